The molecule has 10 aromatic heterocycles. The smallest absolute Gasteiger partial charge is 0.0890 e. The number of hydrogen-bond acceptors (Lipinski definition) is 10. The summed E-state index contributed by atoms with van der Waals surface area (Å²) in [5.74, 6) is 0. The number of benzene rings is 10. The van der Waals surface area contributed by atoms with Gasteiger partial charge in [-0.1, -0.05) is 408 Å². The largest absolute Gasteiger partial charge is 0.264 e. The Bertz CT molecular complexity index is 6000. The van der Waals surface area contributed by atoms with E-state index in [1.165, 1.54) is 104 Å². The molecule has 10 heterocycles. The molecule has 20 aromatic rings. The van der Waals surface area contributed by atoms with Crippen LogP contribution in [0.3, 0.4) is 0 Å². The summed E-state index contributed by atoms with van der Waals surface area (Å²) >= 11 is 0. The average molecular weight is 1850 g/mol. The summed E-state index contributed by atoms with van der Waals surface area (Å²) < 4.78 is 0. The fourth-order valence-corrected chi connectivity index (χ4v) is 15.1. The molecule has 0 saturated carbocycles. The third kappa shape index (κ3) is 31.2. The van der Waals surface area contributed by atoms with Crippen LogP contribution >= 0.6 is 0 Å². The Labute approximate surface area is 836 Å². The van der Waals surface area contributed by atoms with E-state index in [4.69, 9.17) is 0 Å². The van der Waals surface area contributed by atoms with Crippen molar-refractivity contribution in [3.05, 3.63) is 421 Å². The lowest BCUT2D eigenvalue weighted by Gasteiger charge is -2.19. The predicted octanol–water partition coefficient (Wildman–Crippen LogP) is 35.3. The third-order valence-electron chi connectivity index (χ3n) is 24.4. The first kappa shape index (κ1) is 107. The zero-order valence-electron chi connectivity index (χ0n) is 89.1. The second-order valence-electron chi connectivity index (χ2n) is 46.6. The van der Waals surface area contributed by atoms with Crippen LogP contribution in [-0.4, -0.2) is 49.8 Å². The lowest BCUT2D eigenvalue weighted by atomic mass is 9.86. The number of para-hydroxylation sites is 2. The van der Waals surface area contributed by atoms with Gasteiger partial charge in [-0.2, -0.15) is 0 Å². The minimum atomic E-state index is 0.101. The van der Waals surface area contributed by atoms with E-state index in [1.54, 1.807) is 12.4 Å². The van der Waals surface area contributed by atoms with Crippen LogP contribution in [0.2, 0.25) is 0 Å². The quantitative estimate of drug-likeness (QED) is 0.145. The molecule has 20 rings (SSSR count). The Balaban J connectivity index is 0.000000149. The summed E-state index contributed by atoms with van der Waals surface area (Å²) in [5.41, 5.74) is 22.7. The maximum Gasteiger partial charge on any atom is 0.0890 e. The normalized spacial score (nSPS) is 11.9. The van der Waals surface area contributed by atoms with E-state index < -0.39 is 0 Å². The van der Waals surface area contributed by atoms with Crippen molar-refractivity contribution in [1.82, 2.24) is 49.8 Å². The van der Waals surface area contributed by atoms with Gasteiger partial charge in [-0.05, 0) is 218 Å². The van der Waals surface area contributed by atoms with Gasteiger partial charge in [0.2, 0.25) is 0 Å². The highest BCUT2D eigenvalue weighted by atomic mass is 14.8. The van der Waals surface area contributed by atoms with Gasteiger partial charge in [0.05, 0.1) is 44.1 Å². The van der Waals surface area contributed by atoms with Crippen molar-refractivity contribution in [2.75, 3.05) is 0 Å². The van der Waals surface area contributed by atoms with Crippen LogP contribution in [0.4, 0.5) is 0 Å². The number of rotatable bonds is 0. The van der Waals surface area contributed by atoms with Crippen LogP contribution in [0.5, 0.6) is 0 Å². The fourth-order valence-electron chi connectivity index (χ4n) is 15.1. The van der Waals surface area contributed by atoms with Crippen LogP contribution < -0.4 is 0 Å². The van der Waals surface area contributed by atoms with Crippen molar-refractivity contribution < 1.29 is 0 Å². The van der Waals surface area contributed by atoms with Gasteiger partial charge < -0.3 is 0 Å². The molecule has 140 heavy (non-hydrogen) atoms. The molecule has 0 aliphatic rings. The van der Waals surface area contributed by atoms with Gasteiger partial charge in [0, 0.05) is 121 Å². The first-order valence-electron chi connectivity index (χ1n) is 49.3. The summed E-state index contributed by atoms with van der Waals surface area (Å²) in [6, 6.07) is 108. The van der Waals surface area contributed by atoms with Gasteiger partial charge in [-0.15, -0.1) is 0 Å². The standard InChI is InChI=1S/2C14H16.6C13H15N.2C12H14N2/c2*1-14(2,3)13-9-8-11-6-4-5-7-12(11)10-13;1-13(2,3)12-5-4-11-9-14-7-6-10(11)8-12;1-13(2,3)11-6-7-12-10(9-11)5-4-8-14-12;1-13(2,3)11-7-6-10-5-4-8-14-12(10)9-11;1-13(2,3)11-8-10-6-4-5-7-12(10)14-9-11;1-13(2,3)12-8-10-6-4-5-7-11(10)9-14-12;1-13(2,3)12-9-8-10-6-4-5-7-11(10)14-12;1-12(2,3)11-7-6-9-10(14-11)5-4-8-13-9;1-12(2,3)9-7-11-10(14-8-9)5-4-6-13-11/h2*4-10H,1-3H3;6*4-9H,1-3H3;2*4-8H,1-3H3. The van der Waals surface area contributed by atoms with Crippen LogP contribution in [0.15, 0.2) is 365 Å². The fraction of sp³-hybridized carbons (Fsp3) is 0.308. The summed E-state index contributed by atoms with van der Waals surface area (Å²) in [5, 5.41) is 15.1. The highest BCUT2D eigenvalue weighted by Gasteiger charge is 2.23. The molecule has 0 atom stereocenters. The molecule has 10 heteroatoms. The van der Waals surface area contributed by atoms with E-state index in [2.05, 4.69) is 494 Å². The molecule has 0 unspecified atom stereocenters. The first-order valence-corrected chi connectivity index (χ1v) is 49.3. The first-order chi connectivity index (χ1) is 65.7. The van der Waals surface area contributed by atoms with Crippen molar-refractivity contribution >= 4 is 109 Å². The molecule has 0 N–H and O–H groups in total. The van der Waals surface area contributed by atoms with Crippen molar-refractivity contribution in [2.24, 2.45) is 0 Å². The number of hydrogen-bond donors (Lipinski definition) is 0. The molecular formula is C130H150N10. The van der Waals surface area contributed by atoms with E-state index in [0.717, 1.165) is 61.2 Å². The van der Waals surface area contributed by atoms with Crippen molar-refractivity contribution in [3.63, 3.8) is 0 Å². The number of pyridine rings is 10. The van der Waals surface area contributed by atoms with Crippen molar-refractivity contribution in [3.8, 4) is 0 Å². The molecule has 0 saturated heterocycles. The molecule has 0 radical (unpaired) electrons. The van der Waals surface area contributed by atoms with Gasteiger partial charge in [-0.3, -0.25) is 49.8 Å². The summed E-state index contributed by atoms with van der Waals surface area (Å²) in [4.78, 5) is 43.8. The van der Waals surface area contributed by atoms with Gasteiger partial charge >= 0.3 is 0 Å². The lowest BCUT2D eigenvalue weighted by Crippen LogP contribution is -2.13. The zero-order chi connectivity index (χ0) is 102. The SMILES string of the molecule is CC(C)(C)c1cc2ccccc2cn1.CC(C)(C)c1ccc2ccccc2c1.CC(C)(C)c1ccc2ccccc2c1.CC(C)(C)c1ccc2ccccc2n1.CC(C)(C)c1ccc2cccnc2c1.CC(C)(C)c1ccc2cnccc2c1.CC(C)(C)c1ccc2ncccc2c1.CC(C)(C)c1ccc2ncccc2n1.CC(C)(C)c1cnc2ccccc2c1.CC(C)(C)c1cnc2cccnc2c1. The van der Waals surface area contributed by atoms with E-state index in [-0.39, 0.29) is 54.1 Å². The Hall–Kier alpha value is -13.7. The maximum absolute atomic E-state index is 4.65. The highest BCUT2D eigenvalue weighted by Crippen LogP contribution is 2.34. The number of nitrogens with zero attached hydrogens (tertiary/aromatic N) is 10. The van der Waals surface area contributed by atoms with Gasteiger partial charge in [-0.25, -0.2) is 0 Å². The molecule has 0 fully saturated rings. The predicted molar refractivity (Wildman–Crippen MR) is 604 cm³/mol. The maximum atomic E-state index is 4.65. The molecule has 0 bridgehead atoms. The Kier molecular flexibility index (Phi) is 34.7. The molecule has 0 amide bonds. The van der Waals surface area contributed by atoms with Crippen LogP contribution in [0, 0.1) is 0 Å². The summed E-state index contributed by atoms with van der Waals surface area (Å²) in [7, 11) is 0. The third-order valence-corrected chi connectivity index (χ3v) is 24.4. The topological polar surface area (TPSA) is 129 Å². The Morgan fingerprint density at radius 1 is 0.136 bits per heavy atom. The second kappa shape index (κ2) is 45.5. The van der Waals surface area contributed by atoms with Gasteiger partial charge in [0.25, 0.3) is 0 Å². The summed E-state index contributed by atoms with van der Waals surface area (Å²) in [6.07, 6.45) is 16.9. The monoisotopic (exact) mass is 1850 g/mol. The molecule has 10 aromatic carbocycles. The summed E-state index contributed by atoms with van der Waals surface area (Å²) in [6.45, 7) is 66.3. The van der Waals surface area contributed by atoms with Crippen molar-refractivity contribution in [2.45, 2.75) is 262 Å². The average Bonchev–Trinajstić information content (AvgIpc) is 0.869. The number of fused-ring (bicyclic) bond motifs is 10. The molecular weight excluding hydrogens is 1700 g/mol. The van der Waals surface area contributed by atoms with Gasteiger partial charge in [0.1, 0.15) is 0 Å². The molecule has 0 aliphatic heterocycles. The highest BCUT2D eigenvalue weighted by molar-refractivity contribution is 5.87. The minimum Gasteiger partial charge on any atom is -0.264 e. The molecule has 0 aliphatic carbocycles. The van der Waals surface area contributed by atoms with Crippen LogP contribution in [0.1, 0.15) is 264 Å². The molecule has 0 spiro atoms. The molecule has 10 nitrogen and oxygen atoms in total. The number of aromatic nitrogens is 10. The van der Waals surface area contributed by atoms with Crippen molar-refractivity contribution in [1.29, 1.82) is 0 Å². The second-order valence-corrected chi connectivity index (χ2v) is 46.6. The van der Waals surface area contributed by atoms with E-state index in [9.17, 15) is 0 Å². The Morgan fingerprint density at radius 2 is 0.414 bits per heavy atom. The van der Waals surface area contributed by atoms with E-state index >= 15 is 0 Å². The van der Waals surface area contributed by atoms with Crippen LogP contribution in [-0.2, 0) is 54.1 Å². The van der Waals surface area contributed by atoms with E-state index in [0.29, 0.717) is 0 Å². The van der Waals surface area contributed by atoms with Gasteiger partial charge in [0.15, 0.2) is 0 Å². The minimum absolute atomic E-state index is 0.101. The molecule has 720 valence electrons. The zero-order valence-corrected chi connectivity index (χ0v) is 89.1. The lowest BCUT2D eigenvalue weighted by molar-refractivity contribution is 0.570. The Morgan fingerprint density at radius 3 is 0.914 bits per heavy atom. The van der Waals surface area contributed by atoms with Crippen LogP contribution in [0.25, 0.3) is 109 Å². The van der Waals surface area contributed by atoms with E-state index in [1.807, 2.05) is 116 Å².